The van der Waals surface area contributed by atoms with E-state index < -0.39 is 27.1 Å². The largest absolute Gasteiger partial charge is 0.778 e. The van der Waals surface area contributed by atoms with Gasteiger partial charge in [-0.1, -0.05) is 13.3 Å². The Balaban J connectivity index is 2.83. The molecule has 0 spiro atoms. The summed E-state index contributed by atoms with van der Waals surface area (Å²) in [5.74, 6) is 0. The fourth-order valence-corrected chi connectivity index (χ4v) is 3.92. The summed E-state index contributed by atoms with van der Waals surface area (Å²) in [6.07, 6.45) is 6.67. The number of hydrogen-bond donors (Lipinski definition) is 3. The summed E-state index contributed by atoms with van der Waals surface area (Å²) in [6.45, 7) is 2.28. The highest BCUT2D eigenvalue weighted by Crippen LogP contribution is 2.57. The maximum Gasteiger partial charge on any atom is 0.341 e. The summed E-state index contributed by atoms with van der Waals surface area (Å²) in [5, 5.41) is -2.12. The van der Waals surface area contributed by atoms with E-state index in [1.54, 1.807) is 17.1 Å². The maximum atomic E-state index is 11.1. The molecule has 0 amide bonds. The Labute approximate surface area is 111 Å². The van der Waals surface area contributed by atoms with Crippen molar-refractivity contribution in [1.82, 2.24) is 4.57 Å². The van der Waals surface area contributed by atoms with Crippen molar-refractivity contribution in [1.29, 1.82) is 0 Å². The third kappa shape index (κ3) is 5.18. The van der Waals surface area contributed by atoms with E-state index in [4.69, 9.17) is 14.7 Å². The molecular weight excluding hydrogens is 294 g/mol. The number of rotatable bonds is 7. The number of imidazole rings is 1. The molecule has 1 heterocycles. The van der Waals surface area contributed by atoms with E-state index in [1.807, 2.05) is 6.92 Å². The molecule has 2 atom stereocenters. The Morgan fingerprint density at radius 3 is 2.47 bits per heavy atom. The van der Waals surface area contributed by atoms with Crippen LogP contribution in [0.1, 0.15) is 19.8 Å². The zero-order valence-electron chi connectivity index (χ0n) is 10.5. The molecule has 110 valence electrons. The van der Waals surface area contributed by atoms with Crippen LogP contribution in [-0.2, 0) is 22.2 Å². The second kappa shape index (κ2) is 6.31. The highest BCUT2D eigenvalue weighted by atomic mass is 31.2. The van der Waals surface area contributed by atoms with Crippen LogP contribution >= 0.6 is 15.2 Å². The van der Waals surface area contributed by atoms with Gasteiger partial charge in [-0.15, -0.1) is 0 Å². The molecular formula is C9H18N2O6P2. The van der Waals surface area contributed by atoms with E-state index in [1.165, 1.54) is 10.8 Å². The quantitative estimate of drug-likeness (QED) is 0.465. The van der Waals surface area contributed by atoms with E-state index in [-0.39, 0.29) is 0 Å². The van der Waals surface area contributed by atoms with Crippen molar-refractivity contribution in [2.24, 2.45) is 0 Å². The molecule has 0 saturated heterocycles. The van der Waals surface area contributed by atoms with Crippen LogP contribution in [0, 0.1) is 0 Å². The lowest BCUT2D eigenvalue weighted by molar-refractivity contribution is -0.694. The summed E-state index contributed by atoms with van der Waals surface area (Å²) >= 11 is 0. The maximum absolute atomic E-state index is 11.1. The molecule has 0 aliphatic carbocycles. The van der Waals surface area contributed by atoms with Crippen LogP contribution in [0.3, 0.4) is 0 Å². The predicted molar refractivity (Wildman–Crippen MR) is 65.2 cm³/mol. The molecule has 0 aromatic carbocycles. The summed E-state index contributed by atoms with van der Waals surface area (Å²) in [7, 11) is -10.0. The number of aromatic nitrogens is 2. The van der Waals surface area contributed by atoms with Gasteiger partial charge in [-0.05, 0) is 6.42 Å². The van der Waals surface area contributed by atoms with Crippen LogP contribution in [0.5, 0.6) is 0 Å². The van der Waals surface area contributed by atoms with Gasteiger partial charge < -0.3 is 24.1 Å². The summed E-state index contributed by atoms with van der Waals surface area (Å²) in [5.41, 5.74) is 0. The van der Waals surface area contributed by atoms with Crippen LogP contribution in [0.4, 0.5) is 0 Å². The Kier molecular flexibility index (Phi) is 5.50. The van der Waals surface area contributed by atoms with E-state index in [9.17, 15) is 14.0 Å². The Bertz CT molecular complexity index is 483. The first kappa shape index (κ1) is 16.6. The SMILES string of the molecule is CCCCn1cc[n+](CC(P(=O)([O-])O)P(=O)(O)O)c1. The topological polar surface area (TPSA) is 127 Å². The van der Waals surface area contributed by atoms with E-state index in [2.05, 4.69) is 0 Å². The van der Waals surface area contributed by atoms with Gasteiger partial charge in [-0.2, -0.15) is 0 Å². The molecule has 2 unspecified atom stereocenters. The van der Waals surface area contributed by atoms with Gasteiger partial charge >= 0.3 is 7.60 Å². The lowest BCUT2D eigenvalue weighted by Gasteiger charge is -2.25. The molecule has 0 fully saturated rings. The second-order valence-corrected chi connectivity index (χ2v) is 8.30. The molecule has 0 saturated carbocycles. The van der Waals surface area contributed by atoms with Crippen molar-refractivity contribution in [3.63, 3.8) is 0 Å². The van der Waals surface area contributed by atoms with Gasteiger partial charge in [-0.25, -0.2) is 9.13 Å². The monoisotopic (exact) mass is 312 g/mol. The lowest BCUT2D eigenvalue weighted by atomic mass is 10.3. The number of nitrogens with zero attached hydrogens (tertiary/aromatic N) is 2. The third-order valence-electron chi connectivity index (χ3n) is 2.66. The van der Waals surface area contributed by atoms with E-state index in [0.29, 0.717) is 0 Å². The van der Waals surface area contributed by atoms with Gasteiger partial charge in [0.2, 0.25) is 6.33 Å². The van der Waals surface area contributed by atoms with Gasteiger partial charge in [0.25, 0.3) is 0 Å². The Morgan fingerprint density at radius 1 is 1.37 bits per heavy atom. The fraction of sp³-hybridized carbons (Fsp3) is 0.667. The van der Waals surface area contributed by atoms with Gasteiger partial charge in [-0.3, -0.25) is 4.57 Å². The van der Waals surface area contributed by atoms with Gasteiger partial charge in [0.05, 0.1) is 6.54 Å². The molecule has 3 N–H and O–H groups in total. The molecule has 1 aromatic heterocycles. The minimum Gasteiger partial charge on any atom is -0.778 e. The average molecular weight is 312 g/mol. The van der Waals surface area contributed by atoms with Crippen LogP contribution in [-0.4, -0.2) is 24.6 Å². The lowest BCUT2D eigenvalue weighted by Crippen LogP contribution is -2.39. The minimum atomic E-state index is -5.12. The third-order valence-corrected chi connectivity index (χ3v) is 6.29. The molecule has 0 aliphatic heterocycles. The van der Waals surface area contributed by atoms with Crippen molar-refractivity contribution in [2.45, 2.75) is 38.3 Å². The first-order valence-corrected chi connectivity index (χ1v) is 9.11. The number of unbranched alkanes of at least 4 members (excludes halogenated alkanes) is 1. The number of aryl methyl sites for hydroxylation is 1. The number of hydrogen-bond acceptors (Lipinski definition) is 3. The van der Waals surface area contributed by atoms with Crippen molar-refractivity contribution >= 4 is 15.2 Å². The summed E-state index contributed by atoms with van der Waals surface area (Å²) in [4.78, 5) is 37.9. The summed E-state index contributed by atoms with van der Waals surface area (Å²) < 4.78 is 25.3. The van der Waals surface area contributed by atoms with Crippen molar-refractivity contribution in [3.05, 3.63) is 18.7 Å². The molecule has 8 nitrogen and oxygen atoms in total. The molecule has 1 rings (SSSR count). The van der Waals surface area contributed by atoms with Gasteiger partial charge in [0.15, 0.2) is 13.0 Å². The smallest absolute Gasteiger partial charge is 0.341 e. The standard InChI is InChI=1S/C9H18N2O6P2/c1-2-3-4-10-5-6-11(8-10)7-9(18(12,13)14)19(15,16)17/h5-6,8-9H,2-4,7H2,1H3,(H3-,12,13,14,15,16,17). The van der Waals surface area contributed by atoms with Crippen LogP contribution in [0.2, 0.25) is 0 Å². The predicted octanol–water partition coefficient (Wildman–Crippen LogP) is -0.375. The first-order valence-electron chi connectivity index (χ1n) is 5.78. The minimum absolute atomic E-state index is 0.485. The van der Waals surface area contributed by atoms with Crippen LogP contribution < -0.4 is 9.46 Å². The van der Waals surface area contributed by atoms with Crippen molar-refractivity contribution in [3.8, 4) is 0 Å². The highest BCUT2D eigenvalue weighted by Gasteiger charge is 2.39. The zero-order chi connectivity index (χ0) is 14.7. The normalized spacial score (nSPS) is 17.1. The van der Waals surface area contributed by atoms with Crippen LogP contribution in [0.15, 0.2) is 18.7 Å². The molecule has 0 bridgehead atoms. The van der Waals surface area contributed by atoms with E-state index in [0.717, 1.165) is 19.4 Å². The van der Waals surface area contributed by atoms with Crippen molar-refractivity contribution < 1.29 is 33.3 Å². The zero-order valence-corrected chi connectivity index (χ0v) is 12.3. The van der Waals surface area contributed by atoms with Crippen molar-refractivity contribution in [2.75, 3.05) is 0 Å². The Morgan fingerprint density at radius 2 is 2.00 bits per heavy atom. The highest BCUT2D eigenvalue weighted by molar-refractivity contribution is 7.70. The second-order valence-electron chi connectivity index (χ2n) is 4.34. The Hall–Kier alpha value is -0.490. The van der Waals surface area contributed by atoms with Crippen LogP contribution in [0.25, 0.3) is 0 Å². The summed E-state index contributed by atoms with van der Waals surface area (Å²) in [6, 6.07) is 0. The first-order chi connectivity index (χ1) is 8.64. The molecule has 19 heavy (non-hydrogen) atoms. The average Bonchev–Trinajstić information content (AvgIpc) is 2.67. The van der Waals surface area contributed by atoms with E-state index >= 15 is 0 Å². The van der Waals surface area contributed by atoms with Gasteiger partial charge in [0.1, 0.15) is 18.9 Å². The molecule has 0 aliphatic rings. The van der Waals surface area contributed by atoms with Gasteiger partial charge in [0, 0.05) is 0 Å². The molecule has 1 aromatic rings. The molecule has 10 heteroatoms. The fourth-order valence-electron chi connectivity index (χ4n) is 1.61. The molecule has 0 radical (unpaired) electrons.